The van der Waals surface area contributed by atoms with Gasteiger partial charge < -0.3 is 9.13 Å². The van der Waals surface area contributed by atoms with Gasteiger partial charge in [-0.3, -0.25) is 4.98 Å². The van der Waals surface area contributed by atoms with Crippen LogP contribution < -0.4 is 0 Å². The van der Waals surface area contributed by atoms with E-state index in [1.54, 1.807) is 11.3 Å². The third-order valence-electron chi connectivity index (χ3n) is 5.71. The highest BCUT2D eigenvalue weighted by Gasteiger charge is 2.18. The first-order valence-corrected chi connectivity index (χ1v) is 10.9. The Morgan fingerprint density at radius 1 is 1.14 bits per heavy atom. The summed E-state index contributed by atoms with van der Waals surface area (Å²) in [6, 6.07) is 2.25. The minimum absolute atomic E-state index is 0.676. The van der Waals surface area contributed by atoms with Gasteiger partial charge in [0, 0.05) is 36.2 Å². The van der Waals surface area contributed by atoms with Crippen LogP contribution in [0.15, 0.2) is 36.2 Å². The molecule has 1 aliphatic rings. The molecule has 1 aliphatic carbocycles. The van der Waals surface area contributed by atoms with Gasteiger partial charge in [0.15, 0.2) is 10.8 Å². The molecule has 0 radical (unpaired) electrons. The van der Waals surface area contributed by atoms with Crippen LogP contribution in [0.1, 0.15) is 44.1 Å². The summed E-state index contributed by atoms with van der Waals surface area (Å²) in [5.74, 6) is 2.73. The Hall–Kier alpha value is -2.54. The van der Waals surface area contributed by atoms with E-state index in [9.17, 15) is 0 Å². The van der Waals surface area contributed by atoms with E-state index in [1.165, 1.54) is 36.9 Å². The van der Waals surface area contributed by atoms with Gasteiger partial charge >= 0.3 is 0 Å². The normalized spacial score (nSPS) is 15.0. The molecule has 0 aliphatic heterocycles. The van der Waals surface area contributed by atoms with Crippen molar-refractivity contribution in [3.05, 3.63) is 47.8 Å². The molecule has 5 rings (SSSR count). The fraction of sp³-hybridized carbons (Fsp3) is 0.429. The van der Waals surface area contributed by atoms with Crippen LogP contribution in [0.25, 0.3) is 21.9 Å². The second kappa shape index (κ2) is 7.47. The molecule has 0 aromatic carbocycles. The molecule has 0 spiro atoms. The third-order valence-corrected chi connectivity index (χ3v) is 6.48. The van der Waals surface area contributed by atoms with E-state index in [0.717, 1.165) is 41.1 Å². The number of aromatic nitrogens is 6. The largest absolute Gasteiger partial charge is 0.327 e. The fourth-order valence-corrected chi connectivity index (χ4v) is 4.98. The smallest absolute Gasteiger partial charge is 0.169 e. The number of thiazole rings is 1. The zero-order valence-electron chi connectivity index (χ0n) is 16.1. The second-order valence-corrected chi connectivity index (χ2v) is 8.40. The van der Waals surface area contributed by atoms with Gasteiger partial charge in [-0.15, -0.1) is 11.3 Å². The van der Waals surface area contributed by atoms with Crippen molar-refractivity contribution in [3.8, 4) is 10.8 Å². The predicted molar refractivity (Wildman–Crippen MR) is 111 cm³/mol. The van der Waals surface area contributed by atoms with E-state index < -0.39 is 0 Å². The maximum Gasteiger partial charge on any atom is 0.169 e. The van der Waals surface area contributed by atoms with E-state index in [0.29, 0.717) is 6.54 Å². The molecule has 1 fully saturated rings. The Kier molecular flexibility index (Phi) is 4.68. The lowest BCUT2D eigenvalue weighted by molar-refractivity contribution is 0.539. The lowest BCUT2D eigenvalue weighted by Crippen LogP contribution is -2.08. The number of rotatable bonds is 6. The lowest BCUT2D eigenvalue weighted by Gasteiger charge is -2.10. The van der Waals surface area contributed by atoms with E-state index in [-0.39, 0.29) is 0 Å². The van der Waals surface area contributed by atoms with Crippen LogP contribution in [-0.2, 0) is 19.5 Å². The molecule has 6 nitrogen and oxygen atoms in total. The second-order valence-electron chi connectivity index (χ2n) is 7.51. The molecule has 0 amide bonds. The Balaban J connectivity index is 1.47. The Bertz CT molecular complexity index is 1070. The van der Waals surface area contributed by atoms with Crippen molar-refractivity contribution in [2.75, 3.05) is 0 Å². The van der Waals surface area contributed by atoms with E-state index in [4.69, 9.17) is 9.97 Å². The van der Waals surface area contributed by atoms with Gasteiger partial charge in [-0.1, -0.05) is 25.7 Å². The zero-order chi connectivity index (χ0) is 18.9. The van der Waals surface area contributed by atoms with Crippen molar-refractivity contribution < 1.29 is 0 Å². The summed E-state index contributed by atoms with van der Waals surface area (Å²) in [7, 11) is 0. The van der Waals surface area contributed by atoms with E-state index in [1.807, 2.05) is 30.2 Å². The van der Waals surface area contributed by atoms with Gasteiger partial charge in [0.05, 0.1) is 18.3 Å². The third kappa shape index (κ3) is 3.24. The number of imidazole rings is 2. The Labute approximate surface area is 168 Å². The molecule has 0 unspecified atom stereocenters. The summed E-state index contributed by atoms with van der Waals surface area (Å²) in [6.07, 6.45) is 14.1. The molecule has 0 saturated heterocycles. The highest BCUT2D eigenvalue weighted by molar-refractivity contribution is 7.13. The van der Waals surface area contributed by atoms with Crippen LogP contribution in [0, 0.1) is 5.92 Å². The summed E-state index contributed by atoms with van der Waals surface area (Å²) in [6.45, 7) is 3.74. The van der Waals surface area contributed by atoms with Crippen LogP contribution in [-0.4, -0.2) is 29.1 Å². The highest BCUT2D eigenvalue weighted by Crippen LogP contribution is 2.28. The molecule has 4 aromatic rings. The number of aryl methyl sites for hydroxylation is 1. The minimum Gasteiger partial charge on any atom is -0.327 e. The molecular formula is C21H24N6S. The van der Waals surface area contributed by atoms with Crippen LogP contribution in [0.3, 0.4) is 0 Å². The number of fused-ring (bicyclic) bond motifs is 1. The standard InChI is InChI=1S/C21H24N6S/c1-2-27-18-12-16(11-15-5-3-4-6-15)24-13-17(18)25-19(27)14-26-9-7-22-20(26)21-23-8-10-28-21/h7-10,12-13,15H,2-6,11,14H2,1H3. The van der Waals surface area contributed by atoms with Gasteiger partial charge in [-0.05, 0) is 25.3 Å². The van der Waals surface area contributed by atoms with E-state index >= 15 is 0 Å². The monoisotopic (exact) mass is 392 g/mol. The van der Waals surface area contributed by atoms with Crippen molar-refractivity contribution >= 4 is 22.4 Å². The highest BCUT2D eigenvalue weighted by atomic mass is 32.1. The predicted octanol–water partition coefficient (Wildman–Crippen LogP) is 4.55. The van der Waals surface area contributed by atoms with Crippen LogP contribution in [0.5, 0.6) is 0 Å². The summed E-state index contributed by atoms with van der Waals surface area (Å²) >= 11 is 1.61. The minimum atomic E-state index is 0.676. The molecule has 0 atom stereocenters. The van der Waals surface area contributed by atoms with Crippen LogP contribution in [0.2, 0.25) is 0 Å². The van der Waals surface area contributed by atoms with Gasteiger partial charge in [0.25, 0.3) is 0 Å². The maximum absolute atomic E-state index is 4.89. The Morgan fingerprint density at radius 3 is 2.82 bits per heavy atom. The first-order chi connectivity index (χ1) is 13.8. The first-order valence-electron chi connectivity index (χ1n) is 10.1. The average molecular weight is 393 g/mol. The molecule has 28 heavy (non-hydrogen) atoms. The number of nitrogens with zero attached hydrogens (tertiary/aromatic N) is 6. The quantitative estimate of drug-likeness (QED) is 0.483. The fourth-order valence-electron chi connectivity index (χ4n) is 4.34. The van der Waals surface area contributed by atoms with Crippen molar-refractivity contribution in [3.63, 3.8) is 0 Å². The summed E-state index contributed by atoms with van der Waals surface area (Å²) in [5.41, 5.74) is 3.37. The number of pyridine rings is 1. The lowest BCUT2D eigenvalue weighted by atomic mass is 10.0. The van der Waals surface area contributed by atoms with Crippen molar-refractivity contribution in [1.82, 2.24) is 29.1 Å². The van der Waals surface area contributed by atoms with Gasteiger partial charge in [-0.2, -0.15) is 0 Å². The molecule has 144 valence electrons. The molecule has 1 saturated carbocycles. The average Bonchev–Trinajstić information content (AvgIpc) is 3.49. The summed E-state index contributed by atoms with van der Waals surface area (Å²) < 4.78 is 4.43. The molecule has 7 heteroatoms. The Morgan fingerprint density at radius 2 is 2.04 bits per heavy atom. The topological polar surface area (TPSA) is 61.4 Å². The van der Waals surface area contributed by atoms with Crippen molar-refractivity contribution in [2.45, 2.75) is 52.1 Å². The molecule has 4 aromatic heterocycles. The maximum atomic E-state index is 4.89. The number of hydrogen-bond acceptors (Lipinski definition) is 5. The van der Waals surface area contributed by atoms with Crippen LogP contribution in [0.4, 0.5) is 0 Å². The van der Waals surface area contributed by atoms with Crippen molar-refractivity contribution in [2.24, 2.45) is 5.92 Å². The van der Waals surface area contributed by atoms with E-state index in [2.05, 4.69) is 32.1 Å². The summed E-state index contributed by atoms with van der Waals surface area (Å²) in [5, 5.41) is 2.91. The molecular weight excluding hydrogens is 368 g/mol. The molecule has 0 N–H and O–H groups in total. The van der Waals surface area contributed by atoms with Gasteiger partial charge in [-0.25, -0.2) is 15.0 Å². The number of hydrogen-bond donors (Lipinski definition) is 0. The molecule has 0 bridgehead atoms. The van der Waals surface area contributed by atoms with Gasteiger partial charge in [0.1, 0.15) is 11.3 Å². The molecule has 4 heterocycles. The summed E-state index contributed by atoms with van der Waals surface area (Å²) in [4.78, 5) is 18.5. The first kappa shape index (κ1) is 17.6. The SMILES string of the molecule is CCn1c(Cn2ccnc2-c2nccs2)nc2cnc(CC3CCCC3)cc21. The van der Waals surface area contributed by atoms with Gasteiger partial charge in [0.2, 0.25) is 0 Å². The zero-order valence-corrected chi connectivity index (χ0v) is 16.9. The van der Waals surface area contributed by atoms with Crippen LogP contribution >= 0.6 is 11.3 Å². The van der Waals surface area contributed by atoms with Crippen molar-refractivity contribution in [1.29, 1.82) is 0 Å².